The molecule has 0 saturated heterocycles. The van der Waals surface area contributed by atoms with Crippen LogP contribution < -0.4 is 10.6 Å². The number of hydrogen-bond donors (Lipinski definition) is 3. The molecule has 0 aliphatic carbocycles. The smallest absolute Gasteiger partial charge is 0.186 e. The van der Waals surface area contributed by atoms with Gasteiger partial charge in [-0.05, 0) is 36.8 Å². The van der Waals surface area contributed by atoms with Crippen LogP contribution in [0, 0.1) is 6.92 Å². The maximum absolute atomic E-state index is 10.4. The molecule has 4 rings (SSSR count). The Hall–Kier alpha value is -2.56. The number of hydrogen-bond acceptors (Lipinski definition) is 2. The van der Waals surface area contributed by atoms with E-state index in [0.717, 1.165) is 21.3 Å². The normalized spacial score (nSPS) is 19.3. The molecule has 0 radical (unpaired) electrons. The monoisotopic (exact) mass is 421 g/mol. The van der Waals surface area contributed by atoms with Crippen LogP contribution in [-0.2, 0) is 0 Å². The number of quaternary nitrogens is 1. The van der Waals surface area contributed by atoms with Gasteiger partial charge in [0.25, 0.3) is 0 Å². The summed E-state index contributed by atoms with van der Waals surface area (Å²) in [6.45, 7) is 2.10. The van der Waals surface area contributed by atoms with Gasteiger partial charge in [-0.15, -0.1) is 0 Å². The molecule has 4 heteroatoms. The molecule has 0 amide bonds. The molecule has 0 fully saturated rings. The number of aryl methyl sites for hydroxylation is 1. The second kappa shape index (κ2) is 7.59. The molecule has 1 aliphatic heterocycles. The van der Waals surface area contributed by atoms with Gasteiger partial charge < -0.3 is 15.7 Å². The average Bonchev–Trinajstić information content (AvgIpc) is 2.68. The maximum Gasteiger partial charge on any atom is 0.186 e. The molecular weight excluding hydrogens is 400 g/mol. The summed E-state index contributed by atoms with van der Waals surface area (Å²) in [4.78, 5) is 0. The Morgan fingerprint density at radius 3 is 2.48 bits per heavy atom. The number of halogens is 1. The van der Waals surface area contributed by atoms with Gasteiger partial charge in [0.05, 0.1) is 5.56 Å². The first-order valence-electron chi connectivity index (χ1n) is 9.04. The molecule has 0 aromatic heterocycles. The molecule has 0 spiro atoms. The van der Waals surface area contributed by atoms with Crippen molar-refractivity contribution in [1.29, 1.82) is 0 Å². The van der Waals surface area contributed by atoms with Crippen LogP contribution in [0.4, 0.5) is 0 Å². The van der Waals surface area contributed by atoms with E-state index in [0.29, 0.717) is 5.75 Å². The van der Waals surface area contributed by atoms with E-state index in [2.05, 4.69) is 76.0 Å². The predicted octanol–water partition coefficient (Wildman–Crippen LogP) is 4.41. The molecule has 2 unspecified atom stereocenters. The summed E-state index contributed by atoms with van der Waals surface area (Å²) in [5.41, 5.74) is 5.56. The van der Waals surface area contributed by atoms with Crippen molar-refractivity contribution < 1.29 is 10.4 Å². The average molecular weight is 422 g/mol. The van der Waals surface area contributed by atoms with Gasteiger partial charge in [-0.2, -0.15) is 0 Å². The largest absolute Gasteiger partial charge is 0.507 e. The summed E-state index contributed by atoms with van der Waals surface area (Å²) in [6, 6.07) is 24.5. The number of nitrogens with one attached hydrogen (secondary N) is 1. The van der Waals surface area contributed by atoms with Gasteiger partial charge in [0.2, 0.25) is 0 Å². The first kappa shape index (κ1) is 17.8. The second-order valence-electron chi connectivity index (χ2n) is 6.90. The molecule has 136 valence electrons. The zero-order chi connectivity index (χ0) is 18.8. The lowest BCUT2D eigenvalue weighted by molar-refractivity contribution is -0.731. The molecule has 3 aromatic carbocycles. The fourth-order valence-electron chi connectivity index (χ4n) is 3.47. The SMILES string of the molecule is Cc1ccc(C2NC(c3cccc(Br)c3)=CC(c3ccccc3O)[NH2+]2)cc1. The van der Waals surface area contributed by atoms with Crippen LogP contribution in [0.15, 0.2) is 83.3 Å². The number of benzene rings is 3. The number of aromatic hydroxyl groups is 1. The highest BCUT2D eigenvalue weighted by Gasteiger charge is 2.29. The van der Waals surface area contributed by atoms with Crippen molar-refractivity contribution in [3.63, 3.8) is 0 Å². The van der Waals surface area contributed by atoms with E-state index < -0.39 is 0 Å². The van der Waals surface area contributed by atoms with Crippen molar-refractivity contribution in [1.82, 2.24) is 5.32 Å². The van der Waals surface area contributed by atoms with Crippen molar-refractivity contribution in [2.75, 3.05) is 0 Å². The molecule has 1 heterocycles. The minimum Gasteiger partial charge on any atom is -0.507 e. The number of nitrogens with two attached hydrogens (primary N) is 1. The van der Waals surface area contributed by atoms with Crippen molar-refractivity contribution in [3.05, 3.63) is 106 Å². The van der Waals surface area contributed by atoms with E-state index in [1.807, 2.05) is 30.3 Å². The summed E-state index contributed by atoms with van der Waals surface area (Å²) in [5.74, 6) is 0.327. The Kier molecular flexibility index (Phi) is 5.01. The van der Waals surface area contributed by atoms with Crippen LogP contribution in [0.25, 0.3) is 5.70 Å². The Morgan fingerprint density at radius 1 is 0.963 bits per heavy atom. The van der Waals surface area contributed by atoms with E-state index in [1.54, 1.807) is 6.07 Å². The Bertz CT molecular complexity index is 982. The highest BCUT2D eigenvalue weighted by atomic mass is 79.9. The van der Waals surface area contributed by atoms with Crippen LogP contribution >= 0.6 is 15.9 Å². The summed E-state index contributed by atoms with van der Waals surface area (Å²) in [7, 11) is 0. The van der Waals surface area contributed by atoms with Crippen LogP contribution in [0.5, 0.6) is 5.75 Å². The van der Waals surface area contributed by atoms with Gasteiger partial charge in [-0.25, -0.2) is 0 Å². The highest BCUT2D eigenvalue weighted by molar-refractivity contribution is 9.10. The van der Waals surface area contributed by atoms with Crippen molar-refractivity contribution in [2.24, 2.45) is 0 Å². The zero-order valence-electron chi connectivity index (χ0n) is 15.1. The lowest BCUT2D eigenvalue weighted by atomic mass is 9.97. The summed E-state index contributed by atoms with van der Waals surface area (Å²) in [5, 5.41) is 16.3. The van der Waals surface area contributed by atoms with Gasteiger partial charge >= 0.3 is 0 Å². The minimum absolute atomic E-state index is 0.0211. The van der Waals surface area contributed by atoms with Crippen molar-refractivity contribution in [2.45, 2.75) is 19.1 Å². The van der Waals surface area contributed by atoms with Gasteiger partial charge in [-0.3, -0.25) is 0 Å². The number of para-hydroxylation sites is 1. The molecule has 27 heavy (non-hydrogen) atoms. The summed E-state index contributed by atoms with van der Waals surface area (Å²) in [6.07, 6.45) is 2.25. The Labute approximate surface area is 167 Å². The minimum atomic E-state index is 0.0211. The first-order chi connectivity index (χ1) is 13.1. The van der Waals surface area contributed by atoms with Crippen LogP contribution in [0.1, 0.15) is 34.5 Å². The highest BCUT2D eigenvalue weighted by Crippen LogP contribution is 2.29. The summed E-state index contributed by atoms with van der Waals surface area (Å²) < 4.78 is 1.04. The van der Waals surface area contributed by atoms with Crippen molar-refractivity contribution in [3.8, 4) is 5.75 Å². The third kappa shape index (κ3) is 3.92. The van der Waals surface area contributed by atoms with Gasteiger partial charge in [0.1, 0.15) is 11.8 Å². The quantitative estimate of drug-likeness (QED) is 0.586. The van der Waals surface area contributed by atoms with Crippen LogP contribution in [0.2, 0.25) is 0 Å². The number of phenolic OH excluding ortho intramolecular Hbond substituents is 1. The fourth-order valence-corrected chi connectivity index (χ4v) is 3.87. The standard InChI is InChI=1S/C23H21BrN2O/c1-15-9-11-16(12-10-15)23-25-20(17-5-4-6-18(24)13-17)14-21(26-23)19-7-2-3-8-22(19)27/h2-14,21,23,25-27H,1H3/p+1. The maximum atomic E-state index is 10.4. The lowest BCUT2D eigenvalue weighted by Crippen LogP contribution is -2.89. The molecule has 0 saturated carbocycles. The van der Waals surface area contributed by atoms with Crippen molar-refractivity contribution >= 4 is 21.6 Å². The zero-order valence-corrected chi connectivity index (χ0v) is 16.6. The molecule has 3 nitrogen and oxygen atoms in total. The topological polar surface area (TPSA) is 48.9 Å². The predicted molar refractivity (Wildman–Crippen MR) is 112 cm³/mol. The van der Waals surface area contributed by atoms with Crippen LogP contribution in [-0.4, -0.2) is 5.11 Å². The number of rotatable bonds is 3. The molecular formula is C23H22BrN2O+. The van der Waals surface area contributed by atoms with E-state index in [9.17, 15) is 5.11 Å². The van der Waals surface area contributed by atoms with E-state index in [1.165, 1.54) is 11.1 Å². The van der Waals surface area contributed by atoms with Gasteiger partial charge in [-0.1, -0.05) is 70.0 Å². The van der Waals surface area contributed by atoms with E-state index in [-0.39, 0.29) is 12.2 Å². The van der Waals surface area contributed by atoms with E-state index >= 15 is 0 Å². The summed E-state index contributed by atoms with van der Waals surface area (Å²) >= 11 is 3.57. The van der Waals surface area contributed by atoms with Gasteiger partial charge in [0.15, 0.2) is 6.17 Å². The second-order valence-corrected chi connectivity index (χ2v) is 7.82. The molecule has 2 atom stereocenters. The third-order valence-corrected chi connectivity index (χ3v) is 5.42. The Morgan fingerprint density at radius 2 is 1.74 bits per heavy atom. The van der Waals surface area contributed by atoms with Gasteiger partial charge in [0, 0.05) is 21.8 Å². The molecule has 1 aliphatic rings. The fraction of sp³-hybridized carbons (Fsp3) is 0.130. The third-order valence-electron chi connectivity index (χ3n) is 4.92. The molecule has 4 N–H and O–H groups in total. The van der Waals surface area contributed by atoms with Crippen LogP contribution in [0.3, 0.4) is 0 Å². The van der Waals surface area contributed by atoms with E-state index in [4.69, 9.17) is 0 Å². The number of phenols is 1. The lowest BCUT2D eigenvalue weighted by Gasteiger charge is -2.30. The first-order valence-corrected chi connectivity index (χ1v) is 9.83. The molecule has 0 bridgehead atoms. The Balaban J connectivity index is 1.76. The molecule has 3 aromatic rings.